The van der Waals surface area contributed by atoms with Gasteiger partial charge in [0.1, 0.15) is 24.0 Å². The number of carbonyl (C=O) groups excluding carboxylic acids is 1. The van der Waals surface area contributed by atoms with Crippen molar-refractivity contribution in [1.29, 1.82) is 0 Å². The molecular weight excluding hydrogens is 523 g/mol. The molecule has 0 N–H and O–H groups in total. The summed E-state index contributed by atoms with van der Waals surface area (Å²) in [6.45, 7) is 3.83. The molecule has 0 fully saturated rings. The van der Waals surface area contributed by atoms with E-state index in [1.807, 2.05) is 67.2 Å². The second-order valence-corrected chi connectivity index (χ2v) is 10.5. The number of aromatic nitrogens is 1. The summed E-state index contributed by atoms with van der Waals surface area (Å²) in [5.74, 6) is 2.28. The second kappa shape index (κ2) is 9.70. The minimum absolute atomic E-state index is 0.129. The van der Waals surface area contributed by atoms with Crippen LogP contribution in [0.15, 0.2) is 54.4 Å². The zero-order valence-corrected chi connectivity index (χ0v) is 22.8. The molecule has 0 saturated carbocycles. The molecule has 6 nitrogen and oxygen atoms in total. The van der Waals surface area contributed by atoms with Gasteiger partial charge < -0.3 is 18.8 Å². The Morgan fingerprint density at radius 3 is 2.74 bits per heavy atom. The lowest BCUT2D eigenvalue weighted by Gasteiger charge is -2.30. The van der Waals surface area contributed by atoms with E-state index in [1.54, 1.807) is 13.2 Å². The molecule has 194 valence electrons. The number of nitrogens with zero attached hydrogens (tertiary/aromatic N) is 2. The third-order valence-corrected chi connectivity index (χ3v) is 7.82. The number of rotatable bonds is 5. The van der Waals surface area contributed by atoms with Crippen LogP contribution in [0.25, 0.3) is 17.0 Å². The van der Waals surface area contributed by atoms with Crippen LogP contribution in [0, 0.1) is 6.92 Å². The van der Waals surface area contributed by atoms with Crippen LogP contribution < -0.4 is 14.2 Å². The van der Waals surface area contributed by atoms with Gasteiger partial charge in [0.2, 0.25) is 5.78 Å². The highest BCUT2D eigenvalue weighted by atomic mass is 35.5. The van der Waals surface area contributed by atoms with Crippen LogP contribution in [0.3, 0.4) is 0 Å². The van der Waals surface area contributed by atoms with Crippen molar-refractivity contribution in [2.45, 2.75) is 19.9 Å². The Hall–Kier alpha value is -3.45. The fraction of sp³-hybridized carbons (Fsp3) is 0.233. The average molecular weight is 549 g/mol. The molecule has 0 spiro atoms. The number of fused-ring (bicyclic) bond motifs is 3. The molecule has 0 amide bonds. The summed E-state index contributed by atoms with van der Waals surface area (Å²) < 4.78 is 19.7. The van der Waals surface area contributed by atoms with Crippen molar-refractivity contribution in [2.24, 2.45) is 7.05 Å². The highest BCUT2D eigenvalue weighted by Gasteiger charge is 2.33. The molecule has 0 radical (unpaired) electrons. The maximum atomic E-state index is 13.5. The van der Waals surface area contributed by atoms with Gasteiger partial charge in [-0.15, -0.1) is 0 Å². The number of halogens is 2. The summed E-state index contributed by atoms with van der Waals surface area (Å²) in [5.41, 5.74) is 5.36. The van der Waals surface area contributed by atoms with Crippen LogP contribution in [0.2, 0.25) is 10.0 Å². The molecule has 2 aliphatic heterocycles. The molecule has 38 heavy (non-hydrogen) atoms. The zero-order chi connectivity index (χ0) is 26.6. The molecule has 2 aliphatic rings. The van der Waals surface area contributed by atoms with Gasteiger partial charge in [-0.25, -0.2) is 0 Å². The molecule has 0 bridgehead atoms. The number of Topliss-reactive ketones (excluding diaryl/α,β-unsaturated/α-hetero) is 1. The third kappa shape index (κ3) is 4.33. The summed E-state index contributed by atoms with van der Waals surface area (Å²) in [5, 5.41) is 2.28. The first-order valence-corrected chi connectivity index (χ1v) is 13.1. The Morgan fingerprint density at radius 1 is 1.11 bits per heavy atom. The van der Waals surface area contributed by atoms with Gasteiger partial charge in [0.15, 0.2) is 5.76 Å². The van der Waals surface area contributed by atoms with Gasteiger partial charge in [-0.05, 0) is 61.4 Å². The predicted molar refractivity (Wildman–Crippen MR) is 150 cm³/mol. The normalized spacial score (nSPS) is 15.9. The van der Waals surface area contributed by atoms with Crippen LogP contribution in [-0.4, -0.2) is 35.6 Å². The van der Waals surface area contributed by atoms with Gasteiger partial charge in [0.25, 0.3) is 0 Å². The van der Waals surface area contributed by atoms with E-state index in [9.17, 15) is 4.79 Å². The van der Waals surface area contributed by atoms with Crippen molar-refractivity contribution < 1.29 is 19.0 Å². The molecule has 0 unspecified atom stereocenters. The number of ether oxygens (including phenoxy) is 3. The Balaban J connectivity index is 1.26. The lowest BCUT2D eigenvalue weighted by molar-refractivity contribution is 0.0954. The molecule has 0 saturated heterocycles. The monoisotopic (exact) mass is 548 g/mol. The summed E-state index contributed by atoms with van der Waals surface area (Å²) >= 11 is 12.4. The summed E-state index contributed by atoms with van der Waals surface area (Å²) in [6.07, 6.45) is 4.57. The maximum absolute atomic E-state index is 13.5. The highest BCUT2D eigenvalue weighted by Crippen LogP contribution is 2.43. The largest absolute Gasteiger partial charge is 0.497 e. The number of aryl methyl sites for hydroxylation is 1. The van der Waals surface area contributed by atoms with Crippen LogP contribution in [0.4, 0.5) is 0 Å². The number of carbonyl (C=O) groups is 1. The molecule has 0 aliphatic carbocycles. The fourth-order valence-corrected chi connectivity index (χ4v) is 5.73. The average Bonchev–Trinajstić information content (AvgIpc) is 3.39. The first kappa shape index (κ1) is 24.9. The first-order valence-electron chi connectivity index (χ1n) is 12.3. The Morgan fingerprint density at radius 2 is 1.95 bits per heavy atom. The lowest BCUT2D eigenvalue weighted by Crippen LogP contribution is -2.34. The van der Waals surface area contributed by atoms with Crippen LogP contribution >= 0.6 is 23.2 Å². The minimum atomic E-state index is -0.129. The molecule has 3 aromatic carbocycles. The Labute approximate surface area is 230 Å². The summed E-state index contributed by atoms with van der Waals surface area (Å²) in [4.78, 5) is 15.7. The Kier molecular flexibility index (Phi) is 6.34. The fourth-order valence-electron chi connectivity index (χ4n) is 5.23. The number of hydrogen-bond acceptors (Lipinski definition) is 5. The summed E-state index contributed by atoms with van der Waals surface area (Å²) in [7, 11) is 3.62. The first-order chi connectivity index (χ1) is 18.3. The van der Waals surface area contributed by atoms with Gasteiger partial charge in [-0.3, -0.25) is 9.69 Å². The topological polar surface area (TPSA) is 52.9 Å². The second-order valence-electron chi connectivity index (χ2n) is 9.70. The van der Waals surface area contributed by atoms with E-state index in [1.165, 1.54) is 0 Å². The number of methoxy groups -OCH3 is 1. The van der Waals surface area contributed by atoms with Gasteiger partial charge >= 0.3 is 0 Å². The Bertz CT molecular complexity index is 1640. The van der Waals surface area contributed by atoms with Crippen LogP contribution in [-0.2, 0) is 20.0 Å². The van der Waals surface area contributed by atoms with E-state index < -0.39 is 0 Å². The number of hydrogen-bond donors (Lipinski definition) is 0. The van der Waals surface area contributed by atoms with Gasteiger partial charge in [-0.2, -0.15) is 0 Å². The number of ketones is 1. The lowest BCUT2D eigenvalue weighted by atomic mass is 9.99. The molecule has 8 heteroatoms. The van der Waals surface area contributed by atoms with E-state index in [4.69, 9.17) is 37.4 Å². The van der Waals surface area contributed by atoms with Crippen molar-refractivity contribution in [1.82, 2.24) is 9.47 Å². The molecule has 3 heterocycles. The zero-order valence-electron chi connectivity index (χ0n) is 21.3. The van der Waals surface area contributed by atoms with Crippen LogP contribution in [0.1, 0.15) is 32.6 Å². The van der Waals surface area contributed by atoms with E-state index in [2.05, 4.69) is 4.90 Å². The third-order valence-electron chi connectivity index (χ3n) is 7.23. The SMILES string of the molecule is COc1ccc2c(c1)c(/C=C1\Oc3c(cc4c(c3C)OCN(CCc3ccc(Cl)cc3Cl)C4)C1=O)cn2C. The quantitative estimate of drug-likeness (QED) is 0.256. The molecular formula is C30H26Cl2N2O4. The van der Waals surface area contributed by atoms with E-state index in [0.29, 0.717) is 40.4 Å². The van der Waals surface area contributed by atoms with Crippen molar-refractivity contribution >= 4 is 46.0 Å². The van der Waals surface area contributed by atoms with Crippen LogP contribution in [0.5, 0.6) is 17.2 Å². The number of allylic oxidation sites excluding steroid dienone is 1. The summed E-state index contributed by atoms with van der Waals surface area (Å²) in [6, 6.07) is 13.4. The predicted octanol–water partition coefficient (Wildman–Crippen LogP) is 6.81. The molecule has 4 aromatic rings. The van der Waals surface area contributed by atoms with Crippen molar-refractivity contribution in [2.75, 3.05) is 20.4 Å². The molecule has 1 aromatic heterocycles. The van der Waals surface area contributed by atoms with Crippen molar-refractivity contribution in [3.8, 4) is 17.2 Å². The molecule has 6 rings (SSSR count). The molecule has 0 atom stereocenters. The smallest absolute Gasteiger partial charge is 0.231 e. The maximum Gasteiger partial charge on any atom is 0.231 e. The van der Waals surface area contributed by atoms with Crippen molar-refractivity contribution in [3.05, 3.63) is 92.3 Å². The van der Waals surface area contributed by atoms with E-state index >= 15 is 0 Å². The highest BCUT2D eigenvalue weighted by molar-refractivity contribution is 6.35. The van der Waals surface area contributed by atoms with Crippen molar-refractivity contribution in [3.63, 3.8) is 0 Å². The van der Waals surface area contributed by atoms with Gasteiger partial charge in [0, 0.05) is 64.0 Å². The van der Waals surface area contributed by atoms with Gasteiger partial charge in [-0.1, -0.05) is 29.3 Å². The van der Waals surface area contributed by atoms with E-state index in [-0.39, 0.29) is 5.78 Å². The minimum Gasteiger partial charge on any atom is -0.497 e. The number of benzene rings is 3. The van der Waals surface area contributed by atoms with E-state index in [0.717, 1.165) is 57.6 Å². The standard InChI is InChI=1S/C30H26Cl2N2O4/c1-17-29-20(15-34(16-37-29)9-8-18-4-5-21(31)12-25(18)32)10-24-28(35)27(38-30(17)24)11-19-14-33(2)26-7-6-22(36-3)13-23(19)26/h4-7,10-14H,8-9,15-16H2,1-3H3/b27-11-. The van der Waals surface area contributed by atoms with Gasteiger partial charge in [0.05, 0.1) is 12.7 Å².